The van der Waals surface area contributed by atoms with E-state index in [0.717, 1.165) is 19.3 Å². The highest BCUT2D eigenvalue weighted by Crippen LogP contribution is 2.30. The van der Waals surface area contributed by atoms with Crippen LogP contribution in [0.15, 0.2) is 23.4 Å². The Hall–Kier alpha value is -1.95. The van der Waals surface area contributed by atoms with Crippen LogP contribution in [0, 0.1) is 0 Å². The first-order valence-electron chi connectivity index (χ1n) is 6.77. The Morgan fingerprint density at radius 3 is 2.62 bits per heavy atom. The molecule has 0 atom stereocenters. The number of benzene rings is 1. The predicted octanol–water partition coefficient (Wildman–Crippen LogP) is 2.22. The van der Waals surface area contributed by atoms with Crippen LogP contribution in [0.4, 0.5) is 0 Å². The summed E-state index contributed by atoms with van der Waals surface area (Å²) < 4.78 is 0. The number of oxime groups is 1. The van der Waals surface area contributed by atoms with E-state index in [1.165, 1.54) is 18.2 Å². The van der Waals surface area contributed by atoms with Gasteiger partial charge in [0.2, 0.25) is 0 Å². The molecule has 0 bridgehead atoms. The highest BCUT2D eigenvalue weighted by molar-refractivity contribution is 6.31. The van der Waals surface area contributed by atoms with Crippen molar-refractivity contribution in [3.8, 4) is 5.75 Å². The zero-order valence-corrected chi connectivity index (χ0v) is 12.2. The first kappa shape index (κ1) is 15.4. The molecule has 1 aliphatic carbocycles. The van der Waals surface area contributed by atoms with Gasteiger partial charge >= 0.3 is 0 Å². The molecule has 0 spiro atoms. The molecule has 0 saturated heterocycles. The maximum atomic E-state index is 12.4. The third-order valence-electron chi connectivity index (χ3n) is 3.86. The molecule has 5 N–H and O–H groups in total. The third-order valence-corrected chi connectivity index (χ3v) is 4.10. The molecule has 1 aliphatic rings. The summed E-state index contributed by atoms with van der Waals surface area (Å²) in [4.78, 5) is 12.4. The fourth-order valence-corrected chi connectivity index (χ4v) is 2.84. The highest BCUT2D eigenvalue weighted by Gasteiger charge is 2.38. The smallest absolute Gasteiger partial charge is 0.255 e. The van der Waals surface area contributed by atoms with Gasteiger partial charge in [-0.15, -0.1) is 0 Å². The van der Waals surface area contributed by atoms with Crippen LogP contribution >= 0.6 is 11.6 Å². The second kappa shape index (κ2) is 6.22. The molecule has 1 fully saturated rings. The molecule has 1 aromatic carbocycles. The van der Waals surface area contributed by atoms with Gasteiger partial charge in [0.1, 0.15) is 11.3 Å². The first-order chi connectivity index (χ1) is 9.98. The molecule has 114 valence electrons. The number of nitrogens with one attached hydrogen (secondary N) is 1. The summed E-state index contributed by atoms with van der Waals surface area (Å²) in [7, 11) is 0. The van der Waals surface area contributed by atoms with Crippen LogP contribution in [0.3, 0.4) is 0 Å². The van der Waals surface area contributed by atoms with Crippen LogP contribution in [-0.4, -0.2) is 27.6 Å². The van der Waals surface area contributed by atoms with Crippen LogP contribution in [0.1, 0.15) is 42.5 Å². The minimum absolute atomic E-state index is 0.0166. The molecule has 6 nitrogen and oxygen atoms in total. The number of hydrogen-bond donors (Lipinski definition) is 4. The number of aromatic hydroxyl groups is 1. The monoisotopic (exact) mass is 311 g/mol. The number of halogens is 1. The fourth-order valence-electron chi connectivity index (χ4n) is 2.67. The van der Waals surface area contributed by atoms with Gasteiger partial charge < -0.3 is 21.4 Å². The largest absolute Gasteiger partial charge is 0.507 e. The van der Waals surface area contributed by atoms with E-state index in [9.17, 15) is 9.90 Å². The van der Waals surface area contributed by atoms with Gasteiger partial charge in [-0.25, -0.2) is 0 Å². The summed E-state index contributed by atoms with van der Waals surface area (Å²) in [6.45, 7) is 0. The molecule has 0 aliphatic heterocycles. The zero-order valence-electron chi connectivity index (χ0n) is 11.5. The second-order valence-corrected chi connectivity index (χ2v) is 5.68. The van der Waals surface area contributed by atoms with E-state index < -0.39 is 11.4 Å². The molecule has 21 heavy (non-hydrogen) atoms. The van der Waals surface area contributed by atoms with Crippen molar-refractivity contribution in [2.45, 2.75) is 37.6 Å². The van der Waals surface area contributed by atoms with Crippen molar-refractivity contribution in [1.29, 1.82) is 0 Å². The summed E-state index contributed by atoms with van der Waals surface area (Å²) in [5.41, 5.74) is 4.97. The minimum atomic E-state index is -0.876. The Kier molecular flexibility index (Phi) is 4.57. The number of amides is 1. The highest BCUT2D eigenvalue weighted by atomic mass is 35.5. The average Bonchev–Trinajstić information content (AvgIpc) is 2.49. The molecule has 0 heterocycles. The molecule has 1 saturated carbocycles. The van der Waals surface area contributed by atoms with E-state index >= 15 is 0 Å². The van der Waals surface area contributed by atoms with E-state index in [0.29, 0.717) is 17.9 Å². The van der Waals surface area contributed by atoms with Crippen molar-refractivity contribution in [2.75, 3.05) is 0 Å². The fraction of sp³-hybridized carbons (Fsp3) is 0.429. The van der Waals surface area contributed by atoms with Crippen molar-refractivity contribution < 1.29 is 15.1 Å². The van der Waals surface area contributed by atoms with Crippen LogP contribution in [-0.2, 0) is 0 Å². The number of hydrogen-bond acceptors (Lipinski definition) is 4. The topological polar surface area (TPSA) is 108 Å². The minimum Gasteiger partial charge on any atom is -0.507 e. The van der Waals surface area contributed by atoms with Crippen molar-refractivity contribution in [3.63, 3.8) is 0 Å². The lowest BCUT2D eigenvalue weighted by Gasteiger charge is -2.36. The lowest BCUT2D eigenvalue weighted by molar-refractivity contribution is 0.0903. The Bertz CT molecular complexity index is 569. The third kappa shape index (κ3) is 3.21. The maximum Gasteiger partial charge on any atom is 0.255 e. The number of nitrogens with two attached hydrogens (primary N) is 1. The molecule has 2 rings (SSSR count). The number of phenolic OH excluding ortho intramolecular Hbond substituents is 1. The van der Waals surface area contributed by atoms with Crippen molar-refractivity contribution in [1.82, 2.24) is 5.32 Å². The van der Waals surface area contributed by atoms with Crippen LogP contribution in [0.25, 0.3) is 0 Å². The van der Waals surface area contributed by atoms with E-state index in [4.69, 9.17) is 22.5 Å². The number of nitrogens with zero attached hydrogens (tertiary/aromatic N) is 1. The Balaban J connectivity index is 2.28. The van der Waals surface area contributed by atoms with E-state index in [1.807, 2.05) is 0 Å². The summed E-state index contributed by atoms with van der Waals surface area (Å²) in [6, 6.07) is 4.23. The number of phenols is 1. The second-order valence-electron chi connectivity index (χ2n) is 5.24. The molecule has 0 aromatic heterocycles. The van der Waals surface area contributed by atoms with Gasteiger partial charge in [0, 0.05) is 5.02 Å². The average molecular weight is 312 g/mol. The molecular weight excluding hydrogens is 294 g/mol. The number of amidine groups is 1. The maximum absolute atomic E-state index is 12.4. The quantitative estimate of drug-likeness (QED) is 0.297. The van der Waals surface area contributed by atoms with Gasteiger partial charge in [0.25, 0.3) is 5.91 Å². The van der Waals surface area contributed by atoms with Gasteiger partial charge in [-0.2, -0.15) is 0 Å². The Morgan fingerprint density at radius 2 is 2.00 bits per heavy atom. The van der Waals surface area contributed by atoms with Gasteiger partial charge in [0.05, 0.1) is 5.56 Å². The van der Waals surface area contributed by atoms with Crippen molar-refractivity contribution in [2.24, 2.45) is 10.9 Å². The van der Waals surface area contributed by atoms with E-state index in [2.05, 4.69) is 10.5 Å². The molecule has 1 amide bonds. The Morgan fingerprint density at radius 1 is 1.33 bits per heavy atom. The number of carbonyl (C=O) groups excluding carboxylic acids is 1. The van der Waals surface area contributed by atoms with E-state index in [1.54, 1.807) is 0 Å². The summed E-state index contributed by atoms with van der Waals surface area (Å²) in [5.74, 6) is -0.678. The summed E-state index contributed by atoms with van der Waals surface area (Å²) in [6.07, 6.45) is 3.97. The molecule has 1 aromatic rings. The lowest BCUT2D eigenvalue weighted by atomic mass is 9.80. The zero-order chi connectivity index (χ0) is 15.5. The van der Waals surface area contributed by atoms with Crippen LogP contribution < -0.4 is 11.1 Å². The van der Waals surface area contributed by atoms with Gasteiger partial charge in [-0.1, -0.05) is 36.0 Å². The normalized spacial score (nSPS) is 18.2. The van der Waals surface area contributed by atoms with Gasteiger partial charge in [-0.05, 0) is 31.0 Å². The molecule has 0 unspecified atom stereocenters. The van der Waals surface area contributed by atoms with Gasteiger partial charge in [0.15, 0.2) is 5.84 Å². The van der Waals surface area contributed by atoms with E-state index in [-0.39, 0.29) is 17.1 Å². The predicted molar refractivity (Wildman–Crippen MR) is 79.8 cm³/mol. The standard InChI is InChI=1S/C14H18ClN3O3/c15-9-4-5-11(19)10(8-9)12(20)17-14(13(16)18-21)6-2-1-3-7-14/h4-5,8,19,21H,1-3,6-7H2,(H2,16,18)(H,17,20). The number of carbonyl (C=O) groups is 1. The van der Waals surface area contributed by atoms with Crippen molar-refractivity contribution in [3.05, 3.63) is 28.8 Å². The summed E-state index contributed by atoms with van der Waals surface area (Å²) in [5, 5.41) is 25.0. The molecule has 7 heteroatoms. The SMILES string of the molecule is N/C(=N/O)C1(NC(=O)c2cc(Cl)ccc2O)CCCCC1. The molecule has 0 radical (unpaired) electrons. The van der Waals surface area contributed by atoms with Crippen molar-refractivity contribution >= 4 is 23.3 Å². The van der Waals surface area contributed by atoms with Gasteiger partial charge in [-0.3, -0.25) is 4.79 Å². The first-order valence-corrected chi connectivity index (χ1v) is 7.15. The van der Waals surface area contributed by atoms with Crippen LogP contribution in [0.2, 0.25) is 5.02 Å². The Labute approximate surface area is 127 Å². The molecular formula is C14H18ClN3O3. The lowest BCUT2D eigenvalue weighted by Crippen LogP contribution is -2.58. The summed E-state index contributed by atoms with van der Waals surface area (Å²) >= 11 is 5.85. The van der Waals surface area contributed by atoms with Crippen LogP contribution in [0.5, 0.6) is 5.75 Å². The number of rotatable bonds is 3.